The maximum atomic E-state index is 12.5. The van der Waals surface area contributed by atoms with Gasteiger partial charge in [-0.2, -0.15) is 0 Å². The molecule has 0 aliphatic heterocycles. The zero-order valence-electron chi connectivity index (χ0n) is 18.5. The number of fused-ring (bicyclic) bond motifs is 2. The van der Waals surface area contributed by atoms with E-state index in [2.05, 4.69) is 43.3 Å². The van der Waals surface area contributed by atoms with Crippen LogP contribution >= 0.6 is 0 Å². The molecule has 162 valence electrons. The first-order valence-corrected chi connectivity index (χ1v) is 12.3. The molecule has 0 saturated heterocycles. The topological polar surface area (TPSA) is 69.1 Å². The normalized spacial score (nSPS) is 42.4. The molecule has 30 heavy (non-hydrogen) atoms. The molecule has 5 unspecified atom stereocenters. The van der Waals surface area contributed by atoms with Crippen molar-refractivity contribution in [3.8, 4) is 0 Å². The van der Waals surface area contributed by atoms with Crippen molar-refractivity contribution in [2.75, 3.05) is 0 Å². The van der Waals surface area contributed by atoms with Gasteiger partial charge in [-0.3, -0.25) is 4.79 Å². The molecule has 1 aromatic rings. The van der Waals surface area contributed by atoms with E-state index in [1.54, 1.807) is 5.57 Å². The van der Waals surface area contributed by atoms with Crippen molar-refractivity contribution >= 4 is 5.91 Å². The summed E-state index contributed by atoms with van der Waals surface area (Å²) in [5, 5.41) is 0. The van der Waals surface area contributed by atoms with E-state index in [0.29, 0.717) is 23.3 Å². The number of hydrogen-bond donors (Lipinski definition) is 2. The van der Waals surface area contributed by atoms with Crippen LogP contribution in [0, 0.1) is 22.7 Å². The van der Waals surface area contributed by atoms with Crippen LogP contribution in [0.1, 0.15) is 83.1 Å². The minimum Gasteiger partial charge on any atom is -0.369 e. The number of rotatable bonds is 3. The Kier molecular flexibility index (Phi) is 4.89. The number of primary amides is 1. The lowest BCUT2D eigenvalue weighted by Crippen LogP contribution is -2.55. The molecule has 6 rings (SSSR count). The summed E-state index contributed by atoms with van der Waals surface area (Å²) in [4.78, 5) is 12.5. The Morgan fingerprint density at radius 3 is 2.40 bits per heavy atom. The van der Waals surface area contributed by atoms with E-state index in [-0.39, 0.29) is 16.7 Å². The van der Waals surface area contributed by atoms with Crippen molar-refractivity contribution in [1.82, 2.24) is 0 Å². The first-order valence-electron chi connectivity index (χ1n) is 12.3. The molecule has 5 saturated carbocycles. The Hall–Kier alpha value is -1.61. The van der Waals surface area contributed by atoms with Crippen LogP contribution in [0.5, 0.6) is 0 Å². The first kappa shape index (κ1) is 20.3. The lowest BCUT2D eigenvalue weighted by molar-refractivity contribution is -0.129. The maximum Gasteiger partial charge on any atom is 0.223 e. The molecule has 3 heteroatoms. The molecule has 1 amide bonds. The Morgan fingerprint density at radius 2 is 1.80 bits per heavy atom. The largest absolute Gasteiger partial charge is 0.369 e. The van der Waals surface area contributed by atoms with E-state index in [4.69, 9.17) is 11.5 Å². The fraction of sp³-hybridized carbons (Fsp3) is 0.667. The van der Waals surface area contributed by atoms with Crippen molar-refractivity contribution in [2.45, 2.75) is 89.0 Å². The van der Waals surface area contributed by atoms with Crippen LogP contribution in [0.4, 0.5) is 0 Å². The molecule has 1 spiro atoms. The Labute approximate surface area is 181 Å². The number of nitrogens with two attached hydrogens (primary N) is 2. The second-order valence-corrected chi connectivity index (χ2v) is 11.0. The fourth-order valence-corrected chi connectivity index (χ4v) is 8.45. The zero-order valence-corrected chi connectivity index (χ0v) is 18.5. The second-order valence-electron chi connectivity index (χ2n) is 11.0. The predicted molar refractivity (Wildman–Crippen MR) is 122 cm³/mol. The summed E-state index contributed by atoms with van der Waals surface area (Å²) in [6.45, 7) is 2.23. The molecular formula is C27H38N2O. The predicted octanol–water partition coefficient (Wildman–Crippen LogP) is 5.23. The van der Waals surface area contributed by atoms with Gasteiger partial charge in [-0.25, -0.2) is 0 Å². The van der Waals surface area contributed by atoms with Gasteiger partial charge in [-0.05, 0) is 74.2 Å². The van der Waals surface area contributed by atoms with Crippen LogP contribution < -0.4 is 11.5 Å². The van der Waals surface area contributed by atoms with E-state index in [1.165, 1.54) is 50.5 Å². The van der Waals surface area contributed by atoms with Crippen LogP contribution in [0.2, 0.25) is 0 Å². The van der Waals surface area contributed by atoms with Gasteiger partial charge in [-0.15, -0.1) is 0 Å². The molecule has 5 atom stereocenters. The third-order valence-corrected chi connectivity index (χ3v) is 9.53. The maximum absolute atomic E-state index is 12.5. The Balaban J connectivity index is 0.000000236. The summed E-state index contributed by atoms with van der Waals surface area (Å²) in [6, 6.07) is 11.5. The summed E-state index contributed by atoms with van der Waals surface area (Å²) >= 11 is 0. The van der Waals surface area contributed by atoms with E-state index in [1.807, 2.05) is 0 Å². The molecule has 3 bridgehead atoms. The van der Waals surface area contributed by atoms with Gasteiger partial charge in [0.05, 0.1) is 5.41 Å². The Bertz CT molecular complexity index is 842. The third-order valence-electron chi connectivity index (χ3n) is 9.53. The van der Waals surface area contributed by atoms with Gasteiger partial charge in [0.25, 0.3) is 0 Å². The van der Waals surface area contributed by atoms with Crippen LogP contribution in [0.3, 0.4) is 0 Å². The number of allylic oxidation sites excluding steroid dienone is 2. The fourth-order valence-electron chi connectivity index (χ4n) is 8.45. The van der Waals surface area contributed by atoms with Gasteiger partial charge >= 0.3 is 0 Å². The summed E-state index contributed by atoms with van der Waals surface area (Å²) < 4.78 is 0. The molecule has 5 fully saturated rings. The molecule has 1 aromatic carbocycles. The molecule has 0 radical (unpaired) electrons. The minimum absolute atomic E-state index is 0.0391. The number of hydrogen-bond acceptors (Lipinski definition) is 2. The monoisotopic (exact) mass is 406 g/mol. The highest BCUT2D eigenvalue weighted by Crippen LogP contribution is 2.85. The summed E-state index contributed by atoms with van der Waals surface area (Å²) in [6.07, 6.45) is 15.8. The molecule has 0 aromatic heterocycles. The summed E-state index contributed by atoms with van der Waals surface area (Å²) in [5.41, 5.74) is 15.0. The van der Waals surface area contributed by atoms with Gasteiger partial charge < -0.3 is 11.5 Å². The highest BCUT2D eigenvalue weighted by Gasteiger charge is 2.80. The van der Waals surface area contributed by atoms with Gasteiger partial charge in [0, 0.05) is 11.5 Å². The SMILES string of the molecule is CC/C=C1/C2CC3(C(N)=O)CC4(c5ccccc5)CC1C4(C2)C3.NC1CCCCC1. The van der Waals surface area contributed by atoms with Crippen LogP contribution in [0.15, 0.2) is 42.0 Å². The molecule has 5 aliphatic rings. The quantitative estimate of drug-likeness (QED) is 0.675. The van der Waals surface area contributed by atoms with Crippen LogP contribution in [0.25, 0.3) is 0 Å². The molecule has 0 heterocycles. The van der Waals surface area contributed by atoms with Crippen LogP contribution in [-0.4, -0.2) is 11.9 Å². The number of amides is 1. The smallest absolute Gasteiger partial charge is 0.223 e. The van der Waals surface area contributed by atoms with E-state index < -0.39 is 0 Å². The molecule has 3 nitrogen and oxygen atoms in total. The average Bonchev–Trinajstić information content (AvgIpc) is 3.02. The van der Waals surface area contributed by atoms with Gasteiger partial charge in [0.15, 0.2) is 0 Å². The first-order chi connectivity index (χ1) is 14.5. The van der Waals surface area contributed by atoms with Crippen molar-refractivity contribution in [3.05, 3.63) is 47.5 Å². The summed E-state index contributed by atoms with van der Waals surface area (Å²) in [5.74, 6) is 1.27. The number of carbonyl (C=O) groups excluding carboxylic acids is 1. The van der Waals surface area contributed by atoms with E-state index in [0.717, 1.165) is 25.7 Å². The van der Waals surface area contributed by atoms with Crippen molar-refractivity contribution in [1.29, 1.82) is 0 Å². The lowest BCUT2D eigenvalue weighted by atomic mass is 9.44. The van der Waals surface area contributed by atoms with E-state index in [9.17, 15) is 4.79 Å². The highest BCUT2D eigenvalue weighted by atomic mass is 16.1. The summed E-state index contributed by atoms with van der Waals surface area (Å²) in [7, 11) is 0. The number of benzene rings is 1. The number of carbonyl (C=O) groups is 1. The van der Waals surface area contributed by atoms with Crippen molar-refractivity contribution in [3.63, 3.8) is 0 Å². The molecule has 4 N–H and O–H groups in total. The molecule has 5 aliphatic carbocycles. The van der Waals surface area contributed by atoms with Gasteiger partial charge in [-0.1, -0.05) is 68.2 Å². The highest BCUT2D eigenvalue weighted by molar-refractivity contribution is 5.83. The van der Waals surface area contributed by atoms with Crippen molar-refractivity contribution in [2.24, 2.45) is 34.1 Å². The van der Waals surface area contributed by atoms with E-state index >= 15 is 0 Å². The van der Waals surface area contributed by atoms with Gasteiger partial charge in [0.1, 0.15) is 0 Å². The minimum atomic E-state index is -0.253. The van der Waals surface area contributed by atoms with Crippen LogP contribution in [-0.2, 0) is 10.2 Å². The van der Waals surface area contributed by atoms with Gasteiger partial charge in [0.2, 0.25) is 5.91 Å². The standard InChI is InChI=1S/C21H25NO.C6H13N/c1-2-6-16-14-9-19(18(22)23)12-20(15-7-4-3-5-8-15)11-17(16)21(20,10-14)13-19;7-6-4-2-1-3-5-6/h3-8,14,17H,2,9-13H2,1H3,(H2,22,23);6H,1-5,7H2/b16-6-;. The van der Waals surface area contributed by atoms with Crippen molar-refractivity contribution < 1.29 is 4.79 Å². The second kappa shape index (κ2) is 7.22. The lowest BCUT2D eigenvalue weighted by Gasteiger charge is -2.59. The molecular weight excluding hydrogens is 368 g/mol. The average molecular weight is 407 g/mol. The third kappa shape index (κ3) is 2.70. The zero-order chi connectivity index (χ0) is 21.0. The Morgan fingerprint density at radius 1 is 1.07 bits per heavy atom.